The van der Waals surface area contributed by atoms with Gasteiger partial charge >= 0.3 is 0 Å². The van der Waals surface area contributed by atoms with Crippen LogP contribution in [0, 0.1) is 6.92 Å². The average molecular weight is 475 g/mol. The smallest absolute Gasteiger partial charge is 0.252 e. The maximum absolute atomic E-state index is 13.5. The minimum Gasteiger partial charge on any atom is -0.345 e. The second-order valence-electron chi connectivity index (χ2n) is 9.48. The highest BCUT2D eigenvalue weighted by molar-refractivity contribution is 6.07. The van der Waals surface area contributed by atoms with Crippen molar-refractivity contribution in [2.24, 2.45) is 0 Å². The summed E-state index contributed by atoms with van der Waals surface area (Å²) in [5.41, 5.74) is 7.34. The molecule has 2 aromatic heterocycles. The quantitative estimate of drug-likeness (QED) is 0.288. The number of para-hydroxylation sites is 1. The molecular formula is C31H30N4O. The van der Waals surface area contributed by atoms with Crippen LogP contribution < -0.4 is 5.32 Å². The summed E-state index contributed by atoms with van der Waals surface area (Å²) in [4.78, 5) is 18.4. The van der Waals surface area contributed by atoms with E-state index < -0.39 is 0 Å². The minimum atomic E-state index is -0.125. The van der Waals surface area contributed by atoms with Gasteiger partial charge in [0.25, 0.3) is 5.91 Å². The van der Waals surface area contributed by atoms with E-state index in [2.05, 4.69) is 48.5 Å². The minimum absolute atomic E-state index is 0.118. The first kappa shape index (κ1) is 23.5. The Morgan fingerprint density at radius 3 is 2.28 bits per heavy atom. The van der Waals surface area contributed by atoms with E-state index in [0.29, 0.717) is 11.5 Å². The van der Waals surface area contributed by atoms with Gasteiger partial charge in [-0.2, -0.15) is 5.10 Å². The van der Waals surface area contributed by atoms with Gasteiger partial charge in [0.05, 0.1) is 40.4 Å². The van der Waals surface area contributed by atoms with Crippen LogP contribution in [0.3, 0.4) is 0 Å². The normalized spacial score (nSPS) is 12.1. The van der Waals surface area contributed by atoms with E-state index in [1.807, 2.05) is 85.4 Å². The molecule has 5 heteroatoms. The third-order valence-electron chi connectivity index (χ3n) is 6.70. The number of carbonyl (C=O) groups is 1. The van der Waals surface area contributed by atoms with E-state index in [9.17, 15) is 4.79 Å². The zero-order chi connectivity index (χ0) is 25.2. The number of pyridine rings is 1. The third-order valence-corrected chi connectivity index (χ3v) is 6.70. The number of fused-ring (bicyclic) bond motifs is 1. The molecule has 5 rings (SSSR count). The molecule has 0 spiro atoms. The first-order chi connectivity index (χ1) is 17.4. The molecule has 2 heterocycles. The van der Waals surface area contributed by atoms with Crippen LogP contribution >= 0.6 is 0 Å². The summed E-state index contributed by atoms with van der Waals surface area (Å²) in [7, 11) is 0. The number of hydrogen-bond donors (Lipinski definition) is 1. The topological polar surface area (TPSA) is 59.8 Å². The summed E-state index contributed by atoms with van der Waals surface area (Å²) < 4.78 is 1.92. The zero-order valence-electron chi connectivity index (χ0n) is 21.1. The van der Waals surface area contributed by atoms with Gasteiger partial charge in [-0.1, -0.05) is 74.5 Å². The van der Waals surface area contributed by atoms with E-state index in [1.54, 1.807) is 0 Å². The first-order valence-corrected chi connectivity index (χ1v) is 12.3. The molecule has 180 valence electrons. The van der Waals surface area contributed by atoms with Crippen LogP contribution in [0.25, 0.3) is 27.8 Å². The standard InChI is InChI=1S/C31H30N4O/c1-20(2)23-14-16-25(17-15-23)35-22(4)28(19-32-35)30-18-27(26-12-8-9-13-29(26)34-30)31(36)33-21(3)24-10-6-5-7-11-24/h5-21H,1-4H3,(H,33,36)/t21-/m1/s1. The highest BCUT2D eigenvalue weighted by atomic mass is 16.1. The van der Waals surface area contributed by atoms with E-state index in [1.165, 1.54) is 5.56 Å². The lowest BCUT2D eigenvalue weighted by molar-refractivity contribution is 0.0941. The monoisotopic (exact) mass is 474 g/mol. The van der Waals surface area contributed by atoms with Crippen molar-refractivity contribution in [3.63, 3.8) is 0 Å². The number of rotatable bonds is 6. The second kappa shape index (κ2) is 9.78. The average Bonchev–Trinajstić information content (AvgIpc) is 3.29. The number of hydrogen-bond acceptors (Lipinski definition) is 3. The Balaban J connectivity index is 1.53. The van der Waals surface area contributed by atoms with Crippen molar-refractivity contribution in [1.29, 1.82) is 0 Å². The van der Waals surface area contributed by atoms with Gasteiger partial charge in [0.1, 0.15) is 0 Å². The number of benzene rings is 3. The van der Waals surface area contributed by atoms with Gasteiger partial charge in [0.2, 0.25) is 0 Å². The molecule has 0 aliphatic carbocycles. The van der Waals surface area contributed by atoms with Crippen molar-refractivity contribution in [2.45, 2.75) is 39.7 Å². The molecule has 1 amide bonds. The highest BCUT2D eigenvalue weighted by Crippen LogP contribution is 2.29. The molecule has 0 aliphatic rings. The fraction of sp³-hybridized carbons (Fsp3) is 0.194. The van der Waals surface area contributed by atoms with Crippen molar-refractivity contribution >= 4 is 16.8 Å². The van der Waals surface area contributed by atoms with Crippen LogP contribution in [0.1, 0.15) is 59.9 Å². The summed E-state index contributed by atoms with van der Waals surface area (Å²) in [6.45, 7) is 8.40. The Bertz CT molecular complexity index is 1520. The molecule has 1 N–H and O–H groups in total. The van der Waals surface area contributed by atoms with Crippen LogP contribution in [0.15, 0.2) is 91.1 Å². The van der Waals surface area contributed by atoms with Crippen molar-refractivity contribution < 1.29 is 4.79 Å². The van der Waals surface area contributed by atoms with Gasteiger partial charge in [0.15, 0.2) is 0 Å². The van der Waals surface area contributed by atoms with Gasteiger partial charge in [-0.15, -0.1) is 0 Å². The van der Waals surface area contributed by atoms with E-state index in [-0.39, 0.29) is 11.9 Å². The maximum atomic E-state index is 13.5. The SMILES string of the molecule is Cc1c(-c2cc(C(=O)N[C@H](C)c3ccccc3)c3ccccc3n2)cnn1-c1ccc(C(C)C)cc1. The molecule has 0 saturated heterocycles. The molecule has 0 radical (unpaired) electrons. The summed E-state index contributed by atoms with van der Waals surface area (Å²) in [6, 6.07) is 28.0. The Morgan fingerprint density at radius 2 is 1.56 bits per heavy atom. The van der Waals surface area contributed by atoms with Gasteiger partial charge in [0, 0.05) is 10.9 Å². The van der Waals surface area contributed by atoms with E-state index in [0.717, 1.165) is 39.1 Å². The van der Waals surface area contributed by atoms with Crippen molar-refractivity contribution in [3.8, 4) is 16.9 Å². The molecule has 36 heavy (non-hydrogen) atoms. The van der Waals surface area contributed by atoms with E-state index >= 15 is 0 Å². The zero-order valence-corrected chi connectivity index (χ0v) is 21.1. The first-order valence-electron chi connectivity index (χ1n) is 12.3. The molecule has 0 unspecified atom stereocenters. The van der Waals surface area contributed by atoms with Crippen LogP contribution in [0.4, 0.5) is 0 Å². The number of nitrogens with one attached hydrogen (secondary N) is 1. The molecule has 5 aromatic rings. The maximum Gasteiger partial charge on any atom is 0.252 e. The van der Waals surface area contributed by atoms with Gasteiger partial charge in [-0.3, -0.25) is 4.79 Å². The van der Waals surface area contributed by atoms with Crippen molar-refractivity contribution in [3.05, 3.63) is 114 Å². The van der Waals surface area contributed by atoms with Crippen LogP contribution in [-0.2, 0) is 0 Å². The lowest BCUT2D eigenvalue weighted by Gasteiger charge is -2.16. The summed E-state index contributed by atoms with van der Waals surface area (Å²) in [5.74, 6) is 0.352. The highest BCUT2D eigenvalue weighted by Gasteiger charge is 2.19. The fourth-order valence-electron chi connectivity index (χ4n) is 4.52. The largest absolute Gasteiger partial charge is 0.345 e. The van der Waals surface area contributed by atoms with Crippen LogP contribution in [-0.4, -0.2) is 20.7 Å². The number of carbonyl (C=O) groups excluding carboxylic acids is 1. The summed E-state index contributed by atoms with van der Waals surface area (Å²) in [6.07, 6.45) is 1.83. The second-order valence-corrected chi connectivity index (χ2v) is 9.48. The Hall–Kier alpha value is -4.25. The molecule has 0 aliphatic heterocycles. The molecule has 3 aromatic carbocycles. The van der Waals surface area contributed by atoms with Gasteiger partial charge < -0.3 is 5.32 Å². The predicted molar refractivity (Wildman–Crippen MR) is 145 cm³/mol. The van der Waals surface area contributed by atoms with Gasteiger partial charge in [-0.25, -0.2) is 9.67 Å². The lowest BCUT2D eigenvalue weighted by Crippen LogP contribution is -2.27. The summed E-state index contributed by atoms with van der Waals surface area (Å²) >= 11 is 0. The van der Waals surface area contributed by atoms with Crippen LogP contribution in [0.5, 0.6) is 0 Å². The van der Waals surface area contributed by atoms with Crippen molar-refractivity contribution in [1.82, 2.24) is 20.1 Å². The number of aromatic nitrogens is 3. The molecular weight excluding hydrogens is 444 g/mol. The lowest BCUT2D eigenvalue weighted by atomic mass is 10.0. The molecule has 0 bridgehead atoms. The van der Waals surface area contributed by atoms with Gasteiger partial charge in [-0.05, 0) is 55.2 Å². The molecule has 5 nitrogen and oxygen atoms in total. The Morgan fingerprint density at radius 1 is 0.861 bits per heavy atom. The summed E-state index contributed by atoms with van der Waals surface area (Å²) in [5, 5.41) is 8.64. The van der Waals surface area contributed by atoms with Crippen LogP contribution in [0.2, 0.25) is 0 Å². The Labute approximate surface area is 211 Å². The fourth-order valence-corrected chi connectivity index (χ4v) is 4.52. The van der Waals surface area contributed by atoms with Crippen molar-refractivity contribution in [2.75, 3.05) is 0 Å². The molecule has 0 fully saturated rings. The molecule has 0 saturated carbocycles. The molecule has 1 atom stereocenters. The number of nitrogens with zero attached hydrogens (tertiary/aromatic N) is 3. The number of amides is 1. The third kappa shape index (κ3) is 4.52. The predicted octanol–water partition coefficient (Wildman–Crippen LogP) is 7.01. The Kier molecular flexibility index (Phi) is 6.38. The van der Waals surface area contributed by atoms with E-state index in [4.69, 9.17) is 4.98 Å².